The molecule has 0 saturated carbocycles. The lowest BCUT2D eigenvalue weighted by Crippen LogP contribution is -1.84. The molecular formula is C16H16. The average Bonchev–Trinajstić information content (AvgIpc) is 2.31. The minimum atomic E-state index is 1.25. The highest BCUT2D eigenvalue weighted by atomic mass is 14.0. The van der Waals surface area contributed by atoms with Crippen LogP contribution in [0.3, 0.4) is 0 Å². The number of aryl methyl sites for hydroxylation is 1. The molecule has 0 fully saturated rings. The fraction of sp³-hybridized carbons (Fsp3) is 0.125. The van der Waals surface area contributed by atoms with Gasteiger partial charge in [0.2, 0.25) is 0 Å². The van der Waals surface area contributed by atoms with E-state index >= 15 is 0 Å². The first-order valence-electron chi connectivity index (χ1n) is 5.57. The van der Waals surface area contributed by atoms with Gasteiger partial charge in [0.25, 0.3) is 0 Å². The molecule has 0 saturated heterocycles. The Labute approximate surface area is 97.3 Å². The maximum absolute atomic E-state index is 2.22. The van der Waals surface area contributed by atoms with E-state index < -0.39 is 0 Å². The van der Waals surface area contributed by atoms with E-state index in [0.717, 1.165) is 0 Å². The summed E-state index contributed by atoms with van der Waals surface area (Å²) in [5.74, 6) is 0. The molecule has 0 N–H and O–H groups in total. The molecule has 0 radical (unpaired) electrons. The number of hydrogen-bond acceptors (Lipinski definition) is 0. The van der Waals surface area contributed by atoms with E-state index in [1.807, 2.05) is 6.07 Å². The smallest absolute Gasteiger partial charge is 0.0198 e. The lowest BCUT2D eigenvalue weighted by Gasteiger charge is -2.05. The van der Waals surface area contributed by atoms with E-state index in [0.29, 0.717) is 0 Å². The van der Waals surface area contributed by atoms with Gasteiger partial charge in [-0.25, -0.2) is 0 Å². The number of allylic oxidation sites excluding steroid dienone is 1. The Hall–Kier alpha value is -1.82. The Kier molecular flexibility index (Phi) is 3.21. The van der Waals surface area contributed by atoms with E-state index in [1.165, 1.54) is 22.3 Å². The summed E-state index contributed by atoms with van der Waals surface area (Å²) in [4.78, 5) is 0. The summed E-state index contributed by atoms with van der Waals surface area (Å²) in [6, 6.07) is 18.9. The van der Waals surface area contributed by atoms with Crippen molar-refractivity contribution in [1.29, 1.82) is 0 Å². The van der Waals surface area contributed by atoms with Crippen molar-refractivity contribution in [3.63, 3.8) is 0 Å². The average molecular weight is 208 g/mol. The first-order valence-corrected chi connectivity index (χ1v) is 5.57. The number of hydrogen-bond donors (Lipinski definition) is 0. The van der Waals surface area contributed by atoms with E-state index in [-0.39, 0.29) is 0 Å². The SMILES string of the molecule is C/C(=C\c1ccccc1)c1ccccc1C. The zero-order valence-electron chi connectivity index (χ0n) is 9.77. The molecule has 0 heterocycles. The van der Waals surface area contributed by atoms with Gasteiger partial charge in [-0.15, -0.1) is 0 Å². The molecule has 0 aliphatic rings. The van der Waals surface area contributed by atoms with Gasteiger partial charge in [0.05, 0.1) is 0 Å². The Morgan fingerprint density at radius 1 is 0.875 bits per heavy atom. The second-order valence-corrected chi connectivity index (χ2v) is 4.05. The highest BCUT2D eigenvalue weighted by molar-refractivity contribution is 5.81. The fourth-order valence-corrected chi connectivity index (χ4v) is 1.89. The quantitative estimate of drug-likeness (QED) is 0.635. The summed E-state index contributed by atoms with van der Waals surface area (Å²) in [5.41, 5.74) is 5.21. The Morgan fingerprint density at radius 2 is 1.50 bits per heavy atom. The van der Waals surface area contributed by atoms with Crippen molar-refractivity contribution in [2.75, 3.05) is 0 Å². The maximum Gasteiger partial charge on any atom is -0.0198 e. The monoisotopic (exact) mass is 208 g/mol. The zero-order chi connectivity index (χ0) is 11.4. The van der Waals surface area contributed by atoms with Gasteiger partial charge >= 0.3 is 0 Å². The molecule has 0 atom stereocenters. The summed E-state index contributed by atoms with van der Waals surface area (Å²) in [5, 5.41) is 0. The van der Waals surface area contributed by atoms with Crippen LogP contribution in [0.25, 0.3) is 11.6 Å². The molecule has 0 unspecified atom stereocenters. The van der Waals surface area contributed by atoms with E-state index in [1.54, 1.807) is 0 Å². The molecular weight excluding hydrogens is 192 g/mol. The number of rotatable bonds is 2. The Balaban J connectivity index is 2.36. The highest BCUT2D eigenvalue weighted by Gasteiger charge is 1.98. The third-order valence-corrected chi connectivity index (χ3v) is 2.75. The van der Waals surface area contributed by atoms with Crippen LogP contribution in [-0.2, 0) is 0 Å². The third kappa shape index (κ3) is 2.40. The summed E-state index contributed by atoms with van der Waals surface area (Å²) in [7, 11) is 0. The Morgan fingerprint density at radius 3 is 2.19 bits per heavy atom. The first-order chi connectivity index (χ1) is 7.77. The molecule has 80 valence electrons. The van der Waals surface area contributed by atoms with Gasteiger partial charge in [-0.2, -0.15) is 0 Å². The summed E-state index contributed by atoms with van der Waals surface area (Å²) in [6.45, 7) is 4.31. The van der Waals surface area contributed by atoms with E-state index in [2.05, 4.69) is 68.5 Å². The standard InChI is InChI=1S/C16H16/c1-13-8-6-7-11-16(13)14(2)12-15-9-4-3-5-10-15/h3-12H,1-2H3/b14-12+. The van der Waals surface area contributed by atoms with Crippen LogP contribution < -0.4 is 0 Å². The highest BCUT2D eigenvalue weighted by Crippen LogP contribution is 2.20. The van der Waals surface area contributed by atoms with Crippen molar-refractivity contribution in [2.24, 2.45) is 0 Å². The van der Waals surface area contributed by atoms with Crippen molar-refractivity contribution in [1.82, 2.24) is 0 Å². The van der Waals surface area contributed by atoms with Crippen LogP contribution in [0.5, 0.6) is 0 Å². The summed E-state index contributed by atoms with van der Waals surface area (Å²) < 4.78 is 0. The first kappa shape index (κ1) is 10.7. The predicted octanol–water partition coefficient (Wildman–Crippen LogP) is 4.56. The fourth-order valence-electron chi connectivity index (χ4n) is 1.89. The lowest BCUT2D eigenvalue weighted by molar-refractivity contribution is 1.41. The van der Waals surface area contributed by atoms with Crippen LogP contribution in [0.2, 0.25) is 0 Å². The molecule has 2 aromatic rings. The minimum Gasteiger partial charge on any atom is -0.0622 e. The van der Waals surface area contributed by atoms with Crippen molar-refractivity contribution in [3.8, 4) is 0 Å². The minimum absolute atomic E-state index is 1.25. The molecule has 0 amide bonds. The molecule has 0 aromatic heterocycles. The van der Waals surface area contributed by atoms with Gasteiger partial charge in [0, 0.05) is 0 Å². The van der Waals surface area contributed by atoms with Gasteiger partial charge in [-0.05, 0) is 36.1 Å². The van der Waals surface area contributed by atoms with Gasteiger partial charge in [-0.3, -0.25) is 0 Å². The molecule has 0 aliphatic heterocycles. The summed E-state index contributed by atoms with van der Waals surface area (Å²) >= 11 is 0. The van der Waals surface area contributed by atoms with E-state index in [9.17, 15) is 0 Å². The second kappa shape index (κ2) is 4.80. The summed E-state index contributed by atoms with van der Waals surface area (Å²) in [6.07, 6.45) is 2.22. The lowest BCUT2D eigenvalue weighted by atomic mass is 10.00. The second-order valence-electron chi connectivity index (χ2n) is 4.05. The van der Waals surface area contributed by atoms with Gasteiger partial charge in [-0.1, -0.05) is 60.7 Å². The molecule has 2 aromatic carbocycles. The molecule has 0 spiro atoms. The van der Waals surface area contributed by atoms with E-state index in [4.69, 9.17) is 0 Å². The zero-order valence-corrected chi connectivity index (χ0v) is 9.77. The molecule has 16 heavy (non-hydrogen) atoms. The van der Waals surface area contributed by atoms with Crippen LogP contribution >= 0.6 is 0 Å². The maximum atomic E-state index is 2.22. The van der Waals surface area contributed by atoms with Crippen LogP contribution in [0.4, 0.5) is 0 Å². The van der Waals surface area contributed by atoms with Crippen molar-refractivity contribution >= 4 is 11.6 Å². The molecule has 0 aliphatic carbocycles. The van der Waals surface area contributed by atoms with Gasteiger partial charge in [0.1, 0.15) is 0 Å². The van der Waals surface area contributed by atoms with Crippen molar-refractivity contribution < 1.29 is 0 Å². The normalized spacial score (nSPS) is 11.5. The largest absolute Gasteiger partial charge is 0.0622 e. The number of benzene rings is 2. The van der Waals surface area contributed by atoms with Gasteiger partial charge < -0.3 is 0 Å². The van der Waals surface area contributed by atoms with Crippen LogP contribution in [-0.4, -0.2) is 0 Å². The molecule has 2 rings (SSSR count). The third-order valence-electron chi connectivity index (χ3n) is 2.75. The molecule has 0 heteroatoms. The molecule has 0 nitrogen and oxygen atoms in total. The van der Waals surface area contributed by atoms with Crippen molar-refractivity contribution in [3.05, 3.63) is 71.3 Å². The van der Waals surface area contributed by atoms with Crippen LogP contribution in [0.1, 0.15) is 23.6 Å². The molecule has 0 bridgehead atoms. The van der Waals surface area contributed by atoms with Gasteiger partial charge in [0.15, 0.2) is 0 Å². The van der Waals surface area contributed by atoms with Crippen LogP contribution in [0.15, 0.2) is 54.6 Å². The predicted molar refractivity (Wildman–Crippen MR) is 71.2 cm³/mol. The Bertz CT molecular complexity index is 492. The van der Waals surface area contributed by atoms with Crippen LogP contribution in [0, 0.1) is 6.92 Å². The topological polar surface area (TPSA) is 0 Å². The van der Waals surface area contributed by atoms with Crippen molar-refractivity contribution in [2.45, 2.75) is 13.8 Å².